The van der Waals surface area contributed by atoms with Crippen LogP contribution in [0.3, 0.4) is 0 Å². The van der Waals surface area contributed by atoms with Crippen molar-refractivity contribution < 1.29 is 33.9 Å². The van der Waals surface area contributed by atoms with Gasteiger partial charge in [0.2, 0.25) is 13.6 Å². The molecule has 1 fully saturated rings. The highest BCUT2D eigenvalue weighted by atomic mass is 16.7. The van der Waals surface area contributed by atoms with Crippen molar-refractivity contribution >= 4 is 0 Å². The zero-order valence-corrected chi connectivity index (χ0v) is 14.6. The molecule has 1 saturated heterocycles. The predicted molar refractivity (Wildman–Crippen MR) is 93.1 cm³/mol. The number of aliphatic hydroxyl groups is 2. The highest BCUT2D eigenvalue weighted by Gasteiger charge is 2.50. The Kier molecular flexibility index (Phi) is 3.89. The Labute approximate surface area is 156 Å². The van der Waals surface area contributed by atoms with Gasteiger partial charge in [0.15, 0.2) is 23.0 Å². The number of aliphatic hydroxyl groups excluding tert-OH is 1. The topological polar surface area (TPSA) is 86.6 Å². The average molecular weight is 372 g/mol. The van der Waals surface area contributed by atoms with Crippen molar-refractivity contribution in [3.63, 3.8) is 0 Å². The summed E-state index contributed by atoms with van der Waals surface area (Å²) in [5.41, 5.74) is 0.347. The van der Waals surface area contributed by atoms with Crippen molar-refractivity contribution in [2.24, 2.45) is 5.92 Å². The maximum atomic E-state index is 11.3. The van der Waals surface area contributed by atoms with Crippen molar-refractivity contribution in [1.82, 2.24) is 0 Å². The molecule has 2 N–H and O–H groups in total. The van der Waals surface area contributed by atoms with Crippen LogP contribution in [0, 0.1) is 5.92 Å². The molecule has 7 nitrogen and oxygen atoms in total. The number of hydrogen-bond acceptors (Lipinski definition) is 7. The quantitative estimate of drug-likeness (QED) is 0.846. The first-order valence-electron chi connectivity index (χ1n) is 8.90. The predicted octanol–water partition coefficient (Wildman–Crippen LogP) is 1.80. The number of benzene rings is 2. The number of rotatable bonds is 4. The summed E-state index contributed by atoms with van der Waals surface area (Å²) in [7, 11) is 0. The summed E-state index contributed by atoms with van der Waals surface area (Å²) < 4.78 is 27.4. The van der Waals surface area contributed by atoms with Crippen LogP contribution in [0.5, 0.6) is 23.0 Å². The maximum absolute atomic E-state index is 11.3. The second kappa shape index (κ2) is 6.30. The number of fused-ring (bicyclic) bond motifs is 2. The normalized spacial score (nSPS) is 27.9. The molecule has 3 aliphatic heterocycles. The van der Waals surface area contributed by atoms with E-state index < -0.39 is 18.3 Å². The maximum Gasteiger partial charge on any atom is 0.231 e. The van der Waals surface area contributed by atoms with Gasteiger partial charge in [-0.15, -0.1) is 0 Å². The molecule has 3 atom stereocenters. The van der Waals surface area contributed by atoms with E-state index in [0.29, 0.717) is 30.3 Å². The third-order valence-electron chi connectivity index (χ3n) is 5.50. The summed E-state index contributed by atoms with van der Waals surface area (Å²) in [6, 6.07) is 11.1. The van der Waals surface area contributed by atoms with Crippen LogP contribution in [0.2, 0.25) is 0 Å². The monoisotopic (exact) mass is 372 g/mol. The first-order chi connectivity index (χ1) is 13.2. The Hall–Kier alpha value is -2.48. The molecule has 0 bridgehead atoms. The fourth-order valence-electron chi connectivity index (χ4n) is 3.98. The van der Waals surface area contributed by atoms with E-state index in [0.717, 1.165) is 16.9 Å². The second-order valence-corrected chi connectivity index (χ2v) is 7.06. The zero-order valence-electron chi connectivity index (χ0n) is 14.6. The lowest BCUT2D eigenvalue weighted by Gasteiger charge is -2.32. The molecule has 0 unspecified atom stereocenters. The Balaban J connectivity index is 1.40. The average Bonchev–Trinajstić information content (AvgIpc) is 3.40. The van der Waals surface area contributed by atoms with Crippen LogP contribution >= 0.6 is 0 Å². The van der Waals surface area contributed by atoms with Crippen molar-refractivity contribution in [3.05, 3.63) is 47.5 Å². The van der Waals surface area contributed by atoms with E-state index in [9.17, 15) is 10.2 Å². The summed E-state index contributed by atoms with van der Waals surface area (Å²) in [5, 5.41) is 21.3. The Bertz CT molecular complexity index is 867. The summed E-state index contributed by atoms with van der Waals surface area (Å²) in [6.07, 6.45) is -0.0922. The fraction of sp³-hybridized carbons (Fsp3) is 0.400. The molecule has 3 aliphatic rings. The van der Waals surface area contributed by atoms with Gasteiger partial charge in [-0.2, -0.15) is 0 Å². The van der Waals surface area contributed by atoms with E-state index in [4.69, 9.17) is 23.7 Å². The molecule has 0 saturated carbocycles. The molecule has 27 heavy (non-hydrogen) atoms. The van der Waals surface area contributed by atoms with Crippen molar-refractivity contribution in [2.45, 2.75) is 18.1 Å². The van der Waals surface area contributed by atoms with E-state index in [1.807, 2.05) is 24.3 Å². The lowest BCUT2D eigenvalue weighted by molar-refractivity contribution is -0.0882. The largest absolute Gasteiger partial charge is 0.454 e. The first kappa shape index (κ1) is 16.7. The highest BCUT2D eigenvalue weighted by molar-refractivity contribution is 5.46. The summed E-state index contributed by atoms with van der Waals surface area (Å²) in [6.45, 7) is 0.339. The Morgan fingerprint density at radius 1 is 0.889 bits per heavy atom. The van der Waals surface area contributed by atoms with Gasteiger partial charge in [0.1, 0.15) is 11.7 Å². The van der Waals surface area contributed by atoms with Crippen molar-refractivity contribution in [2.75, 3.05) is 26.8 Å². The minimum Gasteiger partial charge on any atom is -0.454 e. The number of hydrogen-bond donors (Lipinski definition) is 2. The minimum absolute atomic E-state index is 0.182. The van der Waals surface area contributed by atoms with Crippen LogP contribution in [0.4, 0.5) is 0 Å². The van der Waals surface area contributed by atoms with E-state index in [1.165, 1.54) is 0 Å². The summed E-state index contributed by atoms with van der Waals surface area (Å²) in [5.74, 6) is 2.44. The molecule has 0 radical (unpaired) electrons. The molecule has 0 amide bonds. The minimum atomic E-state index is -1.40. The van der Waals surface area contributed by atoms with E-state index >= 15 is 0 Å². The van der Waals surface area contributed by atoms with Gasteiger partial charge < -0.3 is 33.9 Å². The Morgan fingerprint density at radius 3 is 2.30 bits per heavy atom. The molecule has 2 aromatic rings. The van der Waals surface area contributed by atoms with Gasteiger partial charge in [0, 0.05) is 5.92 Å². The summed E-state index contributed by atoms with van der Waals surface area (Å²) >= 11 is 0. The second-order valence-electron chi connectivity index (χ2n) is 7.06. The molecular formula is C20H20O7. The molecular weight excluding hydrogens is 352 g/mol. The van der Waals surface area contributed by atoms with E-state index in [2.05, 4.69) is 0 Å². The van der Waals surface area contributed by atoms with E-state index in [1.54, 1.807) is 12.1 Å². The van der Waals surface area contributed by atoms with Crippen LogP contribution in [-0.2, 0) is 11.2 Å². The molecule has 7 heteroatoms. The van der Waals surface area contributed by atoms with Gasteiger partial charge in [-0.05, 0) is 41.8 Å². The van der Waals surface area contributed by atoms with Gasteiger partial charge >= 0.3 is 0 Å². The third kappa shape index (κ3) is 2.70. The molecule has 0 aromatic heterocycles. The number of ether oxygens (including phenoxy) is 5. The van der Waals surface area contributed by atoms with Gasteiger partial charge in [-0.3, -0.25) is 0 Å². The Morgan fingerprint density at radius 2 is 1.56 bits per heavy atom. The van der Waals surface area contributed by atoms with Crippen LogP contribution in [-0.4, -0.2) is 42.6 Å². The van der Waals surface area contributed by atoms with Gasteiger partial charge in [0.25, 0.3) is 0 Å². The van der Waals surface area contributed by atoms with Gasteiger partial charge in [-0.25, -0.2) is 0 Å². The lowest BCUT2D eigenvalue weighted by Crippen LogP contribution is -2.43. The molecule has 3 heterocycles. The molecule has 142 valence electrons. The van der Waals surface area contributed by atoms with E-state index in [-0.39, 0.29) is 19.5 Å². The van der Waals surface area contributed by atoms with Crippen LogP contribution in [0.25, 0.3) is 0 Å². The van der Waals surface area contributed by atoms with Gasteiger partial charge in [0.05, 0.1) is 13.2 Å². The molecule has 5 rings (SSSR count). The summed E-state index contributed by atoms with van der Waals surface area (Å²) in [4.78, 5) is 0. The van der Waals surface area contributed by atoms with Gasteiger partial charge in [-0.1, -0.05) is 12.1 Å². The third-order valence-corrected chi connectivity index (χ3v) is 5.50. The molecule has 2 aromatic carbocycles. The fourth-order valence-corrected chi connectivity index (χ4v) is 3.98. The standard InChI is InChI=1S/C20H20O7/c21-9-20(22)14(5-12-1-3-15-17(6-12)26-10-24-15)8-23-19(20)13-2-4-16-18(7-13)27-11-25-16/h1-4,6-7,14,19,21-22H,5,8-11H2/t14-,19+,20-/m0/s1. The zero-order chi connectivity index (χ0) is 18.4. The van der Waals surface area contributed by atoms with Crippen molar-refractivity contribution in [1.29, 1.82) is 0 Å². The lowest BCUT2D eigenvalue weighted by atomic mass is 9.80. The first-order valence-corrected chi connectivity index (χ1v) is 8.90. The molecule has 0 spiro atoms. The SMILES string of the molecule is OC[C@]1(O)[C@@H](Cc2ccc3c(c2)OCO3)CO[C@@H]1c1ccc2c(c1)OCO2. The highest BCUT2D eigenvalue weighted by Crippen LogP contribution is 2.46. The van der Waals surface area contributed by atoms with Crippen LogP contribution in [0.1, 0.15) is 17.2 Å². The molecule has 0 aliphatic carbocycles. The smallest absolute Gasteiger partial charge is 0.231 e. The van der Waals surface area contributed by atoms with Crippen LogP contribution in [0.15, 0.2) is 36.4 Å². The van der Waals surface area contributed by atoms with Crippen LogP contribution < -0.4 is 18.9 Å². The van der Waals surface area contributed by atoms with Crippen molar-refractivity contribution in [3.8, 4) is 23.0 Å².